The Labute approximate surface area is 216 Å². The van der Waals surface area contributed by atoms with E-state index >= 15 is 0 Å². The second-order valence-electron chi connectivity index (χ2n) is 12.7. The fourth-order valence-electron chi connectivity index (χ4n) is 7.33. The van der Waals surface area contributed by atoms with Crippen molar-refractivity contribution >= 4 is 35.3 Å². The van der Waals surface area contributed by atoms with Crippen LogP contribution in [0.5, 0.6) is 0 Å². The second-order valence-corrected chi connectivity index (χ2v) is 12.7. The Morgan fingerprint density at radius 3 is 1.92 bits per heavy atom. The molecule has 5 rings (SSSR count). The van der Waals surface area contributed by atoms with Gasteiger partial charge >= 0.3 is 5.97 Å². The number of hydrogen-bond donors (Lipinski definition) is 0. The van der Waals surface area contributed by atoms with E-state index in [4.69, 9.17) is 9.47 Å². The van der Waals surface area contributed by atoms with Crippen LogP contribution in [0, 0.1) is 41.4 Å². The fourth-order valence-corrected chi connectivity index (χ4v) is 7.33. The highest BCUT2D eigenvalue weighted by Crippen LogP contribution is 2.56. The van der Waals surface area contributed by atoms with Crippen LogP contribution in [0.25, 0.3) is 0 Å². The Hall–Kier alpha value is -3.07. The van der Waals surface area contributed by atoms with E-state index < -0.39 is 53.3 Å². The standard InChI is InChI=1S/C28H34N2O7/c1-14-7-15(26(35)37-13-36-17-10-27(2,3)12-28(4,5)11-17)9-16(8-14)30-24(33)20-18-19(21(20)25(30)34)23(32)29(6)22(18)31/h7-9,17-21H,10-13H2,1-6H3. The zero-order valence-corrected chi connectivity index (χ0v) is 22.2. The average Bonchev–Trinajstić information content (AvgIpc) is 3.05. The molecule has 1 aromatic rings. The molecule has 1 aromatic carbocycles. The monoisotopic (exact) mass is 510 g/mol. The zero-order valence-electron chi connectivity index (χ0n) is 22.2. The number of esters is 1. The molecule has 37 heavy (non-hydrogen) atoms. The van der Waals surface area contributed by atoms with E-state index in [0.717, 1.165) is 29.1 Å². The summed E-state index contributed by atoms with van der Waals surface area (Å²) < 4.78 is 11.3. The molecular weight excluding hydrogens is 476 g/mol. The highest BCUT2D eigenvalue weighted by molar-refractivity contribution is 6.27. The lowest BCUT2D eigenvalue weighted by Crippen LogP contribution is -2.50. The third-order valence-electron chi connectivity index (χ3n) is 8.36. The number of likely N-dealkylation sites (tertiary alicyclic amines) is 1. The number of benzene rings is 1. The number of carbonyl (C=O) groups is 5. The minimum Gasteiger partial charge on any atom is -0.435 e. The highest BCUT2D eigenvalue weighted by atomic mass is 16.7. The Morgan fingerprint density at radius 2 is 1.38 bits per heavy atom. The van der Waals surface area contributed by atoms with Crippen LogP contribution in [-0.4, -0.2) is 54.4 Å². The van der Waals surface area contributed by atoms with Crippen LogP contribution in [0.3, 0.4) is 0 Å². The number of ether oxygens (including phenoxy) is 2. The predicted molar refractivity (Wildman–Crippen MR) is 132 cm³/mol. The van der Waals surface area contributed by atoms with Gasteiger partial charge in [0.15, 0.2) is 6.79 Å². The number of amides is 4. The van der Waals surface area contributed by atoms with Crippen LogP contribution in [0.2, 0.25) is 0 Å². The molecule has 0 spiro atoms. The molecule has 198 valence electrons. The smallest absolute Gasteiger partial charge is 0.340 e. The number of fused-ring (bicyclic) bond motifs is 4. The first-order valence-electron chi connectivity index (χ1n) is 12.8. The van der Waals surface area contributed by atoms with Gasteiger partial charge in [-0.3, -0.25) is 24.1 Å². The van der Waals surface area contributed by atoms with Crippen LogP contribution in [0.4, 0.5) is 5.69 Å². The summed E-state index contributed by atoms with van der Waals surface area (Å²) in [5.74, 6) is -5.73. The van der Waals surface area contributed by atoms with Gasteiger partial charge in [-0.15, -0.1) is 0 Å². The normalized spacial score (nSPS) is 30.3. The molecule has 2 heterocycles. The number of carbonyl (C=O) groups excluding carboxylic acids is 5. The fraction of sp³-hybridized carbons (Fsp3) is 0.607. The molecule has 4 amide bonds. The Balaban J connectivity index is 1.28. The molecule has 2 aliphatic carbocycles. The SMILES string of the molecule is Cc1cc(C(=O)OCOC2CC(C)(C)CC(C)(C)C2)cc(N2C(=O)C3C4C(=O)N(C)C(=O)C4C3C2=O)c1. The third kappa shape index (κ3) is 4.17. The topological polar surface area (TPSA) is 110 Å². The Morgan fingerprint density at radius 1 is 0.865 bits per heavy atom. The van der Waals surface area contributed by atoms with Crippen molar-refractivity contribution in [2.45, 2.75) is 60.0 Å². The molecule has 4 unspecified atom stereocenters. The van der Waals surface area contributed by atoms with Crippen molar-refractivity contribution in [3.8, 4) is 0 Å². The van der Waals surface area contributed by atoms with Crippen molar-refractivity contribution in [2.75, 3.05) is 18.7 Å². The number of imide groups is 2. The Kier molecular flexibility index (Phi) is 5.86. The number of rotatable bonds is 5. The molecule has 2 saturated carbocycles. The van der Waals surface area contributed by atoms with E-state index in [-0.39, 0.29) is 35.0 Å². The van der Waals surface area contributed by atoms with Crippen LogP contribution >= 0.6 is 0 Å². The van der Waals surface area contributed by atoms with E-state index in [0.29, 0.717) is 5.56 Å². The molecule has 0 aromatic heterocycles. The van der Waals surface area contributed by atoms with Gasteiger partial charge in [-0.05, 0) is 60.8 Å². The molecule has 0 bridgehead atoms. The van der Waals surface area contributed by atoms with Crippen LogP contribution in [-0.2, 0) is 28.7 Å². The van der Waals surface area contributed by atoms with Gasteiger partial charge in [-0.1, -0.05) is 27.7 Å². The lowest BCUT2D eigenvalue weighted by molar-refractivity contribution is -0.146. The number of aryl methyl sites for hydroxylation is 1. The third-order valence-corrected chi connectivity index (χ3v) is 8.36. The summed E-state index contributed by atoms with van der Waals surface area (Å²) in [5, 5.41) is 0. The lowest BCUT2D eigenvalue weighted by Gasteiger charge is -2.44. The van der Waals surface area contributed by atoms with Crippen molar-refractivity contribution in [3.05, 3.63) is 29.3 Å². The quantitative estimate of drug-likeness (QED) is 0.340. The summed E-state index contributed by atoms with van der Waals surface area (Å²) in [4.78, 5) is 66.2. The molecule has 4 aliphatic rings. The van der Waals surface area contributed by atoms with Gasteiger partial charge in [0.2, 0.25) is 23.6 Å². The molecule has 0 N–H and O–H groups in total. The average molecular weight is 511 g/mol. The largest absolute Gasteiger partial charge is 0.435 e. The van der Waals surface area contributed by atoms with E-state index in [2.05, 4.69) is 27.7 Å². The Bertz CT molecular complexity index is 1160. The van der Waals surface area contributed by atoms with E-state index in [1.165, 1.54) is 13.1 Å². The van der Waals surface area contributed by atoms with Gasteiger partial charge in [0.05, 0.1) is 41.0 Å². The summed E-state index contributed by atoms with van der Waals surface area (Å²) >= 11 is 0. The maximum atomic E-state index is 13.2. The number of anilines is 1. The summed E-state index contributed by atoms with van der Waals surface area (Å²) in [5.41, 5.74) is 1.36. The summed E-state index contributed by atoms with van der Waals surface area (Å²) in [7, 11) is 1.38. The lowest BCUT2D eigenvalue weighted by atomic mass is 9.59. The minimum absolute atomic E-state index is 0.0149. The van der Waals surface area contributed by atoms with Gasteiger partial charge in [0.25, 0.3) is 0 Å². The van der Waals surface area contributed by atoms with Crippen LogP contribution in [0.15, 0.2) is 18.2 Å². The molecule has 9 nitrogen and oxygen atoms in total. The van der Waals surface area contributed by atoms with Gasteiger partial charge in [-0.25, -0.2) is 9.69 Å². The first kappa shape index (κ1) is 25.6. The van der Waals surface area contributed by atoms with Crippen molar-refractivity contribution in [1.29, 1.82) is 0 Å². The summed E-state index contributed by atoms with van der Waals surface area (Å²) in [6.45, 7) is 10.4. The molecule has 2 saturated heterocycles. The van der Waals surface area contributed by atoms with Crippen molar-refractivity contribution in [2.24, 2.45) is 34.5 Å². The maximum absolute atomic E-state index is 13.2. The first-order valence-corrected chi connectivity index (χ1v) is 12.8. The van der Waals surface area contributed by atoms with Gasteiger partial charge < -0.3 is 9.47 Å². The van der Waals surface area contributed by atoms with E-state index in [1.807, 2.05) is 0 Å². The van der Waals surface area contributed by atoms with Crippen molar-refractivity contribution in [3.63, 3.8) is 0 Å². The zero-order chi connectivity index (χ0) is 27.0. The van der Waals surface area contributed by atoms with Gasteiger partial charge in [0.1, 0.15) is 0 Å². The van der Waals surface area contributed by atoms with Gasteiger partial charge in [-0.2, -0.15) is 0 Å². The summed E-state index contributed by atoms with van der Waals surface area (Å²) in [6, 6.07) is 4.69. The molecule has 2 aliphatic heterocycles. The van der Waals surface area contributed by atoms with Crippen molar-refractivity contribution < 1.29 is 33.4 Å². The van der Waals surface area contributed by atoms with Crippen molar-refractivity contribution in [1.82, 2.24) is 4.90 Å². The predicted octanol–water partition coefficient (Wildman–Crippen LogP) is 3.08. The van der Waals surface area contributed by atoms with Crippen LogP contribution in [0.1, 0.15) is 62.9 Å². The molecule has 4 fully saturated rings. The molecule has 0 radical (unpaired) electrons. The molecule has 9 heteroatoms. The second kappa shape index (κ2) is 8.48. The molecule has 4 atom stereocenters. The minimum atomic E-state index is -0.841. The maximum Gasteiger partial charge on any atom is 0.340 e. The van der Waals surface area contributed by atoms with E-state index in [1.54, 1.807) is 19.1 Å². The van der Waals surface area contributed by atoms with Gasteiger partial charge in [0, 0.05) is 7.05 Å². The van der Waals surface area contributed by atoms with E-state index in [9.17, 15) is 24.0 Å². The number of nitrogens with zero attached hydrogens (tertiary/aromatic N) is 2. The van der Waals surface area contributed by atoms with Crippen LogP contribution < -0.4 is 4.90 Å². The molecular formula is C28H34N2O7. The summed E-state index contributed by atoms with van der Waals surface area (Å²) in [6.07, 6.45) is 2.85. The highest BCUT2D eigenvalue weighted by Gasteiger charge is 2.73. The number of hydrogen-bond acceptors (Lipinski definition) is 7. The first-order chi connectivity index (χ1) is 17.2.